The van der Waals surface area contributed by atoms with E-state index in [-0.39, 0.29) is 5.41 Å². The van der Waals surface area contributed by atoms with E-state index >= 15 is 0 Å². The van der Waals surface area contributed by atoms with Gasteiger partial charge in [-0.3, -0.25) is 0 Å². The molecule has 0 saturated heterocycles. The third-order valence-electron chi connectivity index (χ3n) is 7.60. The molecule has 37 heavy (non-hydrogen) atoms. The first-order valence-corrected chi connectivity index (χ1v) is 12.8. The second-order valence-corrected chi connectivity index (χ2v) is 10.3. The predicted octanol–water partition coefficient (Wildman–Crippen LogP) is 8.94. The van der Waals surface area contributed by atoms with Crippen LogP contribution in [-0.4, -0.2) is 9.97 Å². The van der Waals surface area contributed by atoms with Gasteiger partial charge >= 0.3 is 0 Å². The van der Waals surface area contributed by atoms with E-state index in [2.05, 4.69) is 129 Å². The molecule has 0 atom stereocenters. The molecular weight excluding hydrogens is 448 g/mol. The van der Waals surface area contributed by atoms with Crippen molar-refractivity contribution in [3.8, 4) is 44.9 Å². The molecular formula is C35H26N2. The number of hydrogen-bond donors (Lipinski definition) is 0. The number of aromatic nitrogens is 2. The van der Waals surface area contributed by atoms with Crippen molar-refractivity contribution in [2.24, 2.45) is 0 Å². The van der Waals surface area contributed by atoms with E-state index in [1.807, 2.05) is 6.07 Å². The highest BCUT2D eigenvalue weighted by atomic mass is 14.9. The number of rotatable bonds is 3. The summed E-state index contributed by atoms with van der Waals surface area (Å²) in [5.41, 5.74) is 10.0. The maximum absolute atomic E-state index is 5.29. The van der Waals surface area contributed by atoms with Crippen LogP contribution in [0.2, 0.25) is 0 Å². The Hall–Kier alpha value is -4.56. The molecule has 0 amide bonds. The van der Waals surface area contributed by atoms with Gasteiger partial charge in [0.15, 0.2) is 5.82 Å². The van der Waals surface area contributed by atoms with Crippen molar-refractivity contribution in [3.05, 3.63) is 133 Å². The van der Waals surface area contributed by atoms with E-state index in [0.29, 0.717) is 0 Å². The van der Waals surface area contributed by atoms with Crippen LogP contribution in [0.25, 0.3) is 55.7 Å². The minimum absolute atomic E-state index is 0.243. The second-order valence-electron chi connectivity index (χ2n) is 10.3. The summed E-state index contributed by atoms with van der Waals surface area (Å²) in [7, 11) is 0. The average molecular weight is 475 g/mol. The minimum atomic E-state index is -0.243. The zero-order valence-corrected chi connectivity index (χ0v) is 20.9. The molecule has 5 aromatic carbocycles. The van der Waals surface area contributed by atoms with Crippen molar-refractivity contribution in [2.45, 2.75) is 19.3 Å². The highest BCUT2D eigenvalue weighted by Gasteiger charge is 2.40. The average Bonchev–Trinajstić information content (AvgIpc) is 3.18. The van der Waals surface area contributed by atoms with Crippen LogP contribution in [0, 0.1) is 0 Å². The molecule has 0 N–H and O–H groups in total. The van der Waals surface area contributed by atoms with Crippen molar-refractivity contribution in [1.29, 1.82) is 0 Å². The maximum Gasteiger partial charge on any atom is 0.160 e. The first kappa shape index (κ1) is 21.7. The molecule has 0 aliphatic heterocycles. The summed E-state index contributed by atoms with van der Waals surface area (Å²) in [6.45, 7) is 4.58. The highest BCUT2D eigenvalue weighted by molar-refractivity contribution is 5.97. The molecule has 1 aliphatic carbocycles. The topological polar surface area (TPSA) is 25.8 Å². The van der Waals surface area contributed by atoms with Crippen LogP contribution < -0.4 is 0 Å². The zero-order chi connectivity index (χ0) is 25.0. The Labute approximate surface area is 217 Å². The quantitative estimate of drug-likeness (QED) is 0.256. The molecule has 1 heterocycles. The molecule has 176 valence electrons. The molecule has 6 aromatic rings. The van der Waals surface area contributed by atoms with Gasteiger partial charge in [0.05, 0.1) is 11.4 Å². The Morgan fingerprint density at radius 1 is 0.514 bits per heavy atom. The van der Waals surface area contributed by atoms with Gasteiger partial charge in [-0.05, 0) is 51.2 Å². The van der Waals surface area contributed by atoms with Crippen LogP contribution in [0.4, 0.5) is 0 Å². The van der Waals surface area contributed by atoms with Crippen LogP contribution in [-0.2, 0) is 5.41 Å². The van der Waals surface area contributed by atoms with Gasteiger partial charge in [0, 0.05) is 22.1 Å². The number of benzene rings is 5. The van der Waals surface area contributed by atoms with E-state index < -0.39 is 0 Å². The first-order valence-electron chi connectivity index (χ1n) is 12.8. The van der Waals surface area contributed by atoms with Gasteiger partial charge in [-0.2, -0.15) is 0 Å². The van der Waals surface area contributed by atoms with Crippen LogP contribution in [0.3, 0.4) is 0 Å². The maximum atomic E-state index is 5.29. The first-order chi connectivity index (χ1) is 18.1. The molecule has 0 spiro atoms. The Kier molecular flexibility index (Phi) is 4.84. The van der Waals surface area contributed by atoms with Gasteiger partial charge in [0.25, 0.3) is 0 Å². The smallest absolute Gasteiger partial charge is 0.160 e. The van der Waals surface area contributed by atoms with Crippen LogP contribution in [0.5, 0.6) is 0 Å². The summed E-state index contributed by atoms with van der Waals surface area (Å²) in [5, 5.41) is 2.50. The van der Waals surface area contributed by atoms with Gasteiger partial charge in [-0.25, -0.2) is 9.97 Å². The largest absolute Gasteiger partial charge is 0.231 e. The van der Waals surface area contributed by atoms with Crippen LogP contribution in [0.1, 0.15) is 25.1 Å². The Bertz CT molecular complexity index is 1780. The van der Waals surface area contributed by atoms with Crippen LogP contribution in [0.15, 0.2) is 121 Å². The highest BCUT2D eigenvalue weighted by Crippen LogP contribution is 2.52. The molecule has 2 heteroatoms. The lowest BCUT2D eigenvalue weighted by molar-refractivity contribution is 0.637. The summed E-state index contributed by atoms with van der Waals surface area (Å²) in [6, 6.07) is 42.8. The van der Waals surface area contributed by atoms with Gasteiger partial charge in [-0.15, -0.1) is 0 Å². The summed E-state index contributed by atoms with van der Waals surface area (Å²) >= 11 is 0. The lowest BCUT2D eigenvalue weighted by Crippen LogP contribution is -2.17. The fourth-order valence-corrected chi connectivity index (χ4v) is 5.66. The standard InChI is InChI=1S/C35H26N2/c1-35(2)30-22-27-17-10-9-16-26(27)21-29(30)31-32(24-14-7-4-8-15-24)36-34(37-33(31)35)28-19-11-18-25(20-28)23-12-5-3-6-13-23/h3-22H,1-2H3. The van der Waals surface area contributed by atoms with E-state index in [1.54, 1.807) is 0 Å². The molecule has 7 rings (SSSR count). The molecule has 2 nitrogen and oxygen atoms in total. The second kappa shape index (κ2) is 8.25. The molecule has 0 radical (unpaired) electrons. The van der Waals surface area contributed by atoms with E-state index in [4.69, 9.17) is 9.97 Å². The number of nitrogens with zero attached hydrogens (tertiary/aromatic N) is 2. The third kappa shape index (κ3) is 3.48. The zero-order valence-electron chi connectivity index (χ0n) is 20.9. The summed E-state index contributed by atoms with van der Waals surface area (Å²) < 4.78 is 0. The van der Waals surface area contributed by atoms with Crippen molar-refractivity contribution >= 4 is 10.8 Å². The molecule has 0 unspecified atom stereocenters. The Morgan fingerprint density at radius 3 is 1.84 bits per heavy atom. The summed E-state index contributed by atoms with van der Waals surface area (Å²) in [5.74, 6) is 0.765. The van der Waals surface area contributed by atoms with Crippen molar-refractivity contribution in [3.63, 3.8) is 0 Å². The molecule has 0 saturated carbocycles. The predicted molar refractivity (Wildman–Crippen MR) is 153 cm³/mol. The molecule has 0 fully saturated rings. The summed E-state index contributed by atoms with van der Waals surface area (Å²) in [4.78, 5) is 10.5. The third-order valence-corrected chi connectivity index (χ3v) is 7.60. The monoisotopic (exact) mass is 474 g/mol. The van der Waals surface area contributed by atoms with E-state index in [1.165, 1.54) is 27.5 Å². The number of hydrogen-bond acceptors (Lipinski definition) is 2. The van der Waals surface area contributed by atoms with Gasteiger partial charge in [0.1, 0.15) is 0 Å². The lowest BCUT2D eigenvalue weighted by atomic mass is 9.84. The van der Waals surface area contributed by atoms with Crippen LogP contribution >= 0.6 is 0 Å². The fraction of sp³-hybridized carbons (Fsp3) is 0.0857. The van der Waals surface area contributed by atoms with Crippen molar-refractivity contribution in [2.75, 3.05) is 0 Å². The molecule has 0 bridgehead atoms. The minimum Gasteiger partial charge on any atom is -0.231 e. The molecule has 1 aromatic heterocycles. The Balaban J connectivity index is 1.50. The van der Waals surface area contributed by atoms with Gasteiger partial charge in [-0.1, -0.05) is 117 Å². The van der Waals surface area contributed by atoms with Gasteiger partial charge < -0.3 is 0 Å². The SMILES string of the molecule is CC1(C)c2cc3ccccc3cc2-c2c(-c3ccccc3)nc(-c3cccc(-c4ccccc4)c3)nc21. The van der Waals surface area contributed by atoms with E-state index in [0.717, 1.165) is 39.5 Å². The molecule has 1 aliphatic rings. The normalized spacial score (nSPS) is 13.4. The van der Waals surface area contributed by atoms with Gasteiger partial charge in [0.2, 0.25) is 0 Å². The van der Waals surface area contributed by atoms with E-state index in [9.17, 15) is 0 Å². The van der Waals surface area contributed by atoms with Crippen molar-refractivity contribution in [1.82, 2.24) is 9.97 Å². The van der Waals surface area contributed by atoms with Crippen molar-refractivity contribution < 1.29 is 0 Å². The fourth-order valence-electron chi connectivity index (χ4n) is 5.66. The lowest BCUT2D eigenvalue weighted by Gasteiger charge is -2.21. The summed E-state index contributed by atoms with van der Waals surface area (Å²) in [6.07, 6.45) is 0. The number of fused-ring (bicyclic) bond motifs is 4. The Morgan fingerprint density at radius 2 is 1.11 bits per heavy atom.